The number of nitrogens with zero attached hydrogens (tertiary/aromatic N) is 1. The van der Waals surface area contributed by atoms with Crippen LogP contribution in [0.2, 0.25) is 0 Å². The minimum atomic E-state index is -2.39. The van der Waals surface area contributed by atoms with Gasteiger partial charge in [0.25, 0.3) is 5.91 Å². The first kappa shape index (κ1) is 63.5. The number of fused-ring (bicyclic) bond motifs is 5. The summed E-state index contributed by atoms with van der Waals surface area (Å²) in [6, 6.07) is 31.1. The van der Waals surface area contributed by atoms with Crippen molar-refractivity contribution < 1.29 is 87.1 Å². The minimum absolute atomic E-state index is 0.00289. The van der Waals surface area contributed by atoms with Crippen molar-refractivity contribution in [2.24, 2.45) is 22.7 Å². The normalized spacial score (nSPS) is 30.4. The highest BCUT2D eigenvalue weighted by Crippen LogP contribution is 2.64. The molecule has 20 heteroatoms. The third-order valence-corrected chi connectivity index (χ3v) is 19.2. The molecule has 5 fully saturated rings. The topological polar surface area (TPSA) is 301 Å². The maximum absolute atomic E-state index is 15.5. The summed E-state index contributed by atoms with van der Waals surface area (Å²) >= 11 is 0. The number of carboxylic acid groups (broad SMARTS) is 1. The molecule has 4 saturated carbocycles. The highest BCUT2D eigenvalue weighted by molar-refractivity contribution is 5.96. The number of benzene rings is 4. The molecule has 0 unspecified atom stereocenters. The highest BCUT2D eigenvalue weighted by atomic mass is 16.6. The number of Topliss-reactive ketones (excluding diaryl/α,β-unsaturated/α-hetero) is 1. The zero-order chi connectivity index (χ0) is 62.8. The molecule has 4 aromatic rings. The van der Waals surface area contributed by atoms with Gasteiger partial charge in [0, 0.05) is 37.7 Å². The number of aliphatic hydroxyl groups excluding tert-OH is 2. The van der Waals surface area contributed by atoms with E-state index in [1.807, 2.05) is 18.2 Å². The van der Waals surface area contributed by atoms with Gasteiger partial charge in [-0.3, -0.25) is 24.0 Å². The summed E-state index contributed by atoms with van der Waals surface area (Å²) in [5.41, 5.74) is -6.74. The van der Waals surface area contributed by atoms with Crippen molar-refractivity contribution >= 4 is 41.5 Å². The lowest BCUT2D eigenvalue weighted by Crippen LogP contribution is -2.82. The molecule has 87 heavy (non-hydrogen) atoms. The summed E-state index contributed by atoms with van der Waals surface area (Å²) in [5.74, 6) is -6.56. The molecule has 20 nitrogen and oxygen atoms in total. The Morgan fingerprint density at radius 2 is 1.40 bits per heavy atom. The van der Waals surface area contributed by atoms with Gasteiger partial charge >= 0.3 is 29.8 Å². The summed E-state index contributed by atoms with van der Waals surface area (Å²) in [7, 11) is 1.62. The number of carbonyl (C=O) groups excluding carboxylic acids is 6. The van der Waals surface area contributed by atoms with E-state index in [4.69, 9.17) is 33.2 Å². The molecule has 0 radical (unpaired) electrons. The van der Waals surface area contributed by atoms with E-state index in [0.29, 0.717) is 42.7 Å². The third-order valence-electron chi connectivity index (χ3n) is 19.2. The number of carbonyl (C=O) groups is 7. The number of rotatable bonds is 15. The van der Waals surface area contributed by atoms with Gasteiger partial charge in [-0.25, -0.2) is 9.59 Å². The number of carboxylic acids is 1. The largest absolute Gasteiger partial charge is 0.493 e. The van der Waals surface area contributed by atoms with Gasteiger partial charge in [0.15, 0.2) is 35.1 Å². The first-order valence-corrected chi connectivity index (χ1v) is 29.5. The molecule has 0 spiro atoms. The summed E-state index contributed by atoms with van der Waals surface area (Å²) < 4.78 is 41.8. The van der Waals surface area contributed by atoms with Crippen molar-refractivity contribution in [1.82, 2.24) is 5.32 Å². The predicted molar refractivity (Wildman–Crippen MR) is 310 cm³/mol. The van der Waals surface area contributed by atoms with Gasteiger partial charge in [0.1, 0.15) is 23.9 Å². The highest BCUT2D eigenvalue weighted by Gasteiger charge is 2.78. The molecule has 5 N–H and O–H groups in total. The smallest absolute Gasteiger partial charge is 0.338 e. The summed E-state index contributed by atoms with van der Waals surface area (Å²) in [4.78, 5) is 94.7. The van der Waals surface area contributed by atoms with Crippen LogP contribution >= 0.6 is 0 Å². The van der Waals surface area contributed by atoms with Crippen LogP contribution in [0.3, 0.4) is 0 Å². The second-order valence-electron chi connectivity index (χ2n) is 24.6. The number of amides is 1. The zero-order valence-corrected chi connectivity index (χ0v) is 49.9. The average Bonchev–Trinajstić information content (AvgIpc) is 0.718. The fourth-order valence-electron chi connectivity index (χ4n) is 14.3. The Morgan fingerprint density at radius 1 is 0.793 bits per heavy atom. The molecule has 4 aromatic carbocycles. The summed E-state index contributed by atoms with van der Waals surface area (Å²) in [6.45, 7) is 7.97. The Labute approximate surface area is 505 Å². The molecule has 10 rings (SSSR count). The monoisotopic (exact) mass is 1200 g/mol. The zero-order valence-electron chi connectivity index (χ0n) is 49.9. The molecule has 1 saturated heterocycles. The average molecular weight is 1200 g/mol. The summed E-state index contributed by atoms with van der Waals surface area (Å²) in [6.07, 6.45) is -3.62. The first-order chi connectivity index (χ1) is 41.3. The number of nitriles is 1. The van der Waals surface area contributed by atoms with Gasteiger partial charge in [0.05, 0.1) is 66.3 Å². The van der Waals surface area contributed by atoms with Crippen LogP contribution in [0.15, 0.2) is 120 Å². The lowest BCUT2D eigenvalue weighted by atomic mass is 9.44. The van der Waals surface area contributed by atoms with Crippen molar-refractivity contribution in [3.8, 4) is 17.6 Å². The van der Waals surface area contributed by atoms with Gasteiger partial charge < -0.3 is 58.9 Å². The number of ether oxygens (including phenoxy) is 7. The summed E-state index contributed by atoms with van der Waals surface area (Å²) in [5, 5.41) is 59.3. The number of aliphatic hydroxyl groups is 3. The molecule has 0 aromatic heterocycles. The Bertz CT molecular complexity index is 3310. The molecular formula is C67H76N2O18. The molecule has 462 valence electrons. The molecule has 1 aliphatic heterocycles. The molecular weight excluding hydrogens is 1120 g/mol. The van der Waals surface area contributed by atoms with Gasteiger partial charge in [0.2, 0.25) is 0 Å². The van der Waals surface area contributed by atoms with E-state index in [-0.39, 0.29) is 47.3 Å². The predicted octanol–water partition coefficient (Wildman–Crippen LogP) is 7.79. The van der Waals surface area contributed by atoms with E-state index in [1.165, 1.54) is 38.8 Å². The van der Waals surface area contributed by atoms with Crippen LogP contribution < -0.4 is 14.8 Å². The maximum atomic E-state index is 15.5. The van der Waals surface area contributed by atoms with E-state index < -0.39 is 124 Å². The van der Waals surface area contributed by atoms with Crippen LogP contribution in [0.25, 0.3) is 0 Å². The number of hydrogen-bond donors (Lipinski definition) is 5. The lowest BCUT2D eigenvalue weighted by Gasteiger charge is -2.67. The van der Waals surface area contributed by atoms with Crippen LogP contribution in [0, 0.1) is 34.0 Å². The van der Waals surface area contributed by atoms with Gasteiger partial charge in [-0.05, 0) is 124 Å². The first-order valence-electron chi connectivity index (χ1n) is 29.5. The molecule has 6 aliphatic rings. The Hall–Kier alpha value is -7.96. The van der Waals surface area contributed by atoms with Crippen LogP contribution in [0.1, 0.15) is 144 Å². The second kappa shape index (κ2) is 25.4. The van der Waals surface area contributed by atoms with Gasteiger partial charge in [-0.15, -0.1) is 0 Å². The van der Waals surface area contributed by atoms with E-state index >= 15 is 4.79 Å². The standard InChI is InChI=1S/C47H51NO14.C20H25NO4/c1-25-31(60-43(56)36(52)35(28-16-10-7-11-17-28)48-41(54)29-18-12-8-13-19-29)23-47(57)40(61-42(55)30-20-14-9-15-21-30)38-45(6,32(51)22-33-46(38,24-58-33)62-27(3)50)39(53)37(59-26(2)49)34(25)44(47,4)5;1-24-17-7-6-15(12-18(17)25-16-4-2-3-5-16)20(13-21)10-8-14(9-11-20)19(22)23/h7-21,31-33,35-38,40,51-52,57H,22-24H2,1-6H3,(H,48,54);6-7,12,14,16H,2-5,8-11H2,1H3,(H,22,23)/t31-,32-,33+,35-,36+,37+,38-,40-,45+,46-,47+;/m0./s1. The number of methoxy groups -OCH3 is 1. The fraction of sp³-hybridized carbons (Fsp3) is 0.493. The number of hydrogen-bond acceptors (Lipinski definition) is 18. The van der Waals surface area contributed by atoms with Crippen LogP contribution in [0.4, 0.5) is 0 Å². The van der Waals surface area contributed by atoms with E-state index in [2.05, 4.69) is 11.4 Å². The molecule has 11 atom stereocenters. The van der Waals surface area contributed by atoms with Gasteiger partial charge in [-0.1, -0.05) is 86.6 Å². The number of ketones is 1. The van der Waals surface area contributed by atoms with Crippen molar-refractivity contribution in [3.63, 3.8) is 0 Å². The number of esters is 4. The number of nitrogens with one attached hydrogen (secondary N) is 1. The molecule has 1 heterocycles. The molecule has 1 amide bonds. The lowest BCUT2D eigenvalue weighted by molar-refractivity contribution is -0.346. The van der Waals surface area contributed by atoms with Crippen LogP contribution in [-0.2, 0) is 53.1 Å². The Morgan fingerprint density at radius 3 is 1.95 bits per heavy atom. The fourth-order valence-corrected chi connectivity index (χ4v) is 14.3. The van der Waals surface area contributed by atoms with E-state index in [1.54, 1.807) is 99.8 Å². The second-order valence-corrected chi connectivity index (χ2v) is 24.6. The van der Waals surface area contributed by atoms with Crippen LogP contribution in [0.5, 0.6) is 11.5 Å². The molecule has 2 bridgehead atoms. The van der Waals surface area contributed by atoms with E-state index in [0.717, 1.165) is 32.3 Å². The number of aliphatic carboxylic acids is 1. The SMILES string of the molecule is CC(=O)O[C@H]1C(=O)[C@@]2(C)[C@H]([C@H](OC(=O)c3ccccc3)[C@]3(O)C[C@H](OC(=O)[C@H](O)[C@@H](NC(=O)c4ccccc4)c4ccccc4)C(C)=C1C3(C)C)[C@]1(OC(C)=O)CO[C@@H]1C[C@@H]2O.COc1ccc(C2(C#N)CCC(C(=O)O)CC2)cc1OC1CCCC1. The van der Waals surface area contributed by atoms with Crippen molar-refractivity contribution in [2.75, 3.05) is 13.7 Å². The van der Waals surface area contributed by atoms with Crippen molar-refractivity contribution in [1.29, 1.82) is 5.26 Å². The third kappa shape index (κ3) is 12.0. The quantitative estimate of drug-likeness (QED) is 0.0431. The molecule has 5 aliphatic carbocycles. The van der Waals surface area contributed by atoms with Crippen molar-refractivity contribution in [2.45, 2.75) is 171 Å². The minimum Gasteiger partial charge on any atom is -0.493 e. The van der Waals surface area contributed by atoms with Crippen molar-refractivity contribution in [3.05, 3.63) is 143 Å². The Balaban J connectivity index is 0.000000300. The van der Waals surface area contributed by atoms with Crippen LogP contribution in [-0.4, -0.2) is 130 Å². The Kier molecular flexibility index (Phi) is 18.6. The van der Waals surface area contributed by atoms with E-state index in [9.17, 15) is 54.5 Å². The maximum Gasteiger partial charge on any atom is 0.338 e. The van der Waals surface area contributed by atoms with Gasteiger partial charge in [-0.2, -0.15) is 5.26 Å².